The Hall–Kier alpha value is -3.17. The first-order valence-corrected chi connectivity index (χ1v) is 10.3. The zero-order valence-electron chi connectivity index (χ0n) is 17.6. The number of nitrogens with one attached hydrogen (secondary N) is 3. The molecule has 9 heteroatoms. The van der Waals surface area contributed by atoms with E-state index in [1.54, 1.807) is 4.90 Å². The normalized spacial score (nSPS) is 17.9. The van der Waals surface area contributed by atoms with Gasteiger partial charge in [-0.3, -0.25) is 14.4 Å². The number of hydrogen-bond acceptors (Lipinski definition) is 5. The van der Waals surface area contributed by atoms with Gasteiger partial charge in [0.25, 0.3) is 11.8 Å². The number of aromatic nitrogens is 1. The first-order valence-electron chi connectivity index (χ1n) is 10.3. The third-order valence-electron chi connectivity index (χ3n) is 5.53. The molecule has 1 aliphatic rings. The number of anilines is 1. The minimum Gasteiger partial charge on any atom is -0.394 e. The number of fused-ring (bicyclic) bond motifs is 1. The van der Waals surface area contributed by atoms with Gasteiger partial charge in [-0.15, -0.1) is 0 Å². The van der Waals surface area contributed by atoms with Gasteiger partial charge >= 0.3 is 0 Å². The van der Waals surface area contributed by atoms with Gasteiger partial charge in [-0.05, 0) is 29.7 Å². The molecule has 9 nitrogen and oxygen atoms in total. The molecule has 1 aromatic carbocycles. The topological polar surface area (TPSA) is 135 Å². The van der Waals surface area contributed by atoms with E-state index in [9.17, 15) is 19.5 Å². The fraction of sp³-hybridized carbons (Fsp3) is 0.409. The summed E-state index contributed by atoms with van der Waals surface area (Å²) in [6, 6.07) is 9.68. The summed E-state index contributed by atoms with van der Waals surface area (Å²) in [5.74, 6) is -1.21. The van der Waals surface area contributed by atoms with E-state index >= 15 is 0 Å². The van der Waals surface area contributed by atoms with Crippen molar-refractivity contribution in [3.8, 4) is 0 Å². The van der Waals surface area contributed by atoms with Crippen molar-refractivity contribution >= 4 is 23.4 Å². The van der Waals surface area contributed by atoms with Crippen molar-refractivity contribution in [2.24, 2.45) is 5.92 Å². The number of aliphatic hydroxyl groups is 2. The van der Waals surface area contributed by atoms with Crippen molar-refractivity contribution in [3.63, 3.8) is 0 Å². The molecule has 0 saturated heterocycles. The SMILES string of the molecule is CCC(C)C1C(=O)Nc2ccccc2CN1C(=O)c1ccc(C(=O)NCC(O)CO)[nH]1. The third kappa shape index (κ3) is 4.95. The average Bonchev–Trinajstić information content (AvgIpc) is 3.21. The van der Waals surface area contributed by atoms with Gasteiger partial charge in [0.05, 0.1) is 12.7 Å². The fourth-order valence-corrected chi connectivity index (χ4v) is 3.57. The quantitative estimate of drug-likeness (QED) is 0.450. The zero-order valence-corrected chi connectivity index (χ0v) is 17.6. The van der Waals surface area contributed by atoms with Gasteiger partial charge in [-0.25, -0.2) is 0 Å². The van der Waals surface area contributed by atoms with Gasteiger partial charge in [0.1, 0.15) is 17.4 Å². The minimum absolute atomic E-state index is 0.0732. The smallest absolute Gasteiger partial charge is 0.271 e. The van der Waals surface area contributed by atoms with E-state index in [-0.39, 0.29) is 42.2 Å². The predicted molar refractivity (Wildman–Crippen MR) is 114 cm³/mol. The molecule has 0 aliphatic carbocycles. The summed E-state index contributed by atoms with van der Waals surface area (Å²) in [5.41, 5.74) is 1.85. The summed E-state index contributed by atoms with van der Waals surface area (Å²) < 4.78 is 0. The van der Waals surface area contributed by atoms with Crippen LogP contribution in [0.15, 0.2) is 36.4 Å². The molecule has 0 radical (unpaired) electrons. The minimum atomic E-state index is -1.06. The summed E-state index contributed by atoms with van der Waals surface area (Å²) in [7, 11) is 0. The number of carbonyl (C=O) groups is 3. The number of H-pyrrole nitrogens is 1. The van der Waals surface area contributed by atoms with Gasteiger partial charge < -0.3 is 30.7 Å². The highest BCUT2D eigenvalue weighted by Gasteiger charge is 2.37. The maximum atomic E-state index is 13.4. The summed E-state index contributed by atoms with van der Waals surface area (Å²) in [4.78, 5) is 43.0. The van der Waals surface area contributed by atoms with Gasteiger partial charge in [0.15, 0.2) is 0 Å². The van der Waals surface area contributed by atoms with Crippen molar-refractivity contribution < 1.29 is 24.6 Å². The van der Waals surface area contributed by atoms with Crippen LogP contribution in [0.25, 0.3) is 0 Å². The molecule has 3 amide bonds. The lowest BCUT2D eigenvalue weighted by molar-refractivity contribution is -0.122. The molecule has 0 saturated carbocycles. The molecule has 5 N–H and O–H groups in total. The lowest BCUT2D eigenvalue weighted by atomic mass is 9.96. The third-order valence-corrected chi connectivity index (χ3v) is 5.53. The number of aromatic amines is 1. The van der Waals surface area contributed by atoms with Crippen LogP contribution in [0.1, 0.15) is 46.8 Å². The Bertz CT molecular complexity index is 957. The fourth-order valence-electron chi connectivity index (χ4n) is 3.57. The van der Waals surface area contributed by atoms with Crippen LogP contribution in [-0.4, -0.2) is 63.1 Å². The largest absolute Gasteiger partial charge is 0.394 e. The van der Waals surface area contributed by atoms with E-state index in [0.29, 0.717) is 12.1 Å². The highest BCUT2D eigenvalue weighted by atomic mass is 16.3. The molecule has 31 heavy (non-hydrogen) atoms. The highest BCUT2D eigenvalue weighted by Crippen LogP contribution is 2.28. The molecular formula is C22H28N4O5. The lowest BCUT2D eigenvalue weighted by Gasteiger charge is -2.32. The number of benzene rings is 1. The van der Waals surface area contributed by atoms with Crippen LogP contribution in [0.2, 0.25) is 0 Å². The van der Waals surface area contributed by atoms with E-state index in [2.05, 4.69) is 15.6 Å². The Balaban J connectivity index is 1.86. The molecule has 1 aromatic heterocycles. The number of carbonyl (C=O) groups excluding carboxylic acids is 3. The van der Waals surface area contributed by atoms with Crippen LogP contribution in [0.4, 0.5) is 5.69 Å². The first kappa shape index (κ1) is 22.5. The lowest BCUT2D eigenvalue weighted by Crippen LogP contribution is -2.49. The van der Waals surface area contributed by atoms with Crippen LogP contribution in [0.5, 0.6) is 0 Å². The van der Waals surface area contributed by atoms with Crippen molar-refractivity contribution in [2.45, 2.75) is 39.0 Å². The Kier molecular flexibility index (Phi) is 7.09. The molecule has 3 unspecified atom stereocenters. The number of nitrogens with zero attached hydrogens (tertiary/aromatic N) is 1. The molecular weight excluding hydrogens is 400 g/mol. The van der Waals surface area contributed by atoms with Crippen LogP contribution < -0.4 is 10.6 Å². The predicted octanol–water partition coefficient (Wildman–Crippen LogP) is 1.11. The summed E-state index contributed by atoms with van der Waals surface area (Å²) in [6.07, 6.45) is -0.351. The number of para-hydroxylation sites is 1. The van der Waals surface area contributed by atoms with Crippen molar-refractivity contribution in [1.82, 2.24) is 15.2 Å². The maximum Gasteiger partial charge on any atom is 0.271 e. The Labute approximate surface area is 180 Å². The molecule has 0 spiro atoms. The molecule has 0 fully saturated rings. The van der Waals surface area contributed by atoms with Crippen molar-refractivity contribution in [2.75, 3.05) is 18.5 Å². The van der Waals surface area contributed by atoms with Crippen LogP contribution in [0, 0.1) is 5.92 Å². The van der Waals surface area contributed by atoms with E-state index in [4.69, 9.17) is 5.11 Å². The summed E-state index contributed by atoms with van der Waals surface area (Å²) in [6.45, 7) is 3.57. The standard InChI is InChI=1S/C22H28N4O5/c1-3-13(2)19-21(30)25-16-7-5-4-6-14(16)11-26(19)22(31)18-9-8-17(24-18)20(29)23-10-15(28)12-27/h4-9,13,15,19,24,27-28H,3,10-12H2,1-2H3,(H,23,29)(H,25,30). The Morgan fingerprint density at radius 3 is 2.65 bits per heavy atom. The van der Waals surface area contributed by atoms with Gasteiger partial charge in [-0.1, -0.05) is 38.5 Å². The van der Waals surface area contributed by atoms with Crippen LogP contribution in [0.3, 0.4) is 0 Å². The highest BCUT2D eigenvalue weighted by molar-refractivity contribution is 6.03. The van der Waals surface area contributed by atoms with Gasteiger partial charge in [-0.2, -0.15) is 0 Å². The van der Waals surface area contributed by atoms with E-state index < -0.39 is 24.7 Å². The summed E-state index contributed by atoms with van der Waals surface area (Å²) in [5, 5.41) is 23.6. The Morgan fingerprint density at radius 2 is 1.94 bits per heavy atom. The maximum absolute atomic E-state index is 13.4. The number of hydrogen-bond donors (Lipinski definition) is 5. The number of rotatable bonds is 7. The Morgan fingerprint density at radius 1 is 1.23 bits per heavy atom. The summed E-state index contributed by atoms with van der Waals surface area (Å²) >= 11 is 0. The average molecular weight is 428 g/mol. The molecule has 3 rings (SSSR count). The van der Waals surface area contributed by atoms with Crippen LogP contribution in [-0.2, 0) is 11.3 Å². The first-order chi connectivity index (χ1) is 14.8. The second-order valence-corrected chi connectivity index (χ2v) is 7.74. The van der Waals surface area contributed by atoms with Gasteiger partial charge in [0, 0.05) is 18.8 Å². The van der Waals surface area contributed by atoms with Crippen LogP contribution >= 0.6 is 0 Å². The van der Waals surface area contributed by atoms with E-state index in [0.717, 1.165) is 5.56 Å². The molecule has 166 valence electrons. The molecule has 2 aromatic rings. The number of aliphatic hydroxyl groups excluding tert-OH is 2. The number of amides is 3. The van der Waals surface area contributed by atoms with E-state index in [1.807, 2.05) is 38.1 Å². The molecule has 1 aliphatic heterocycles. The van der Waals surface area contributed by atoms with Crippen molar-refractivity contribution in [3.05, 3.63) is 53.3 Å². The second kappa shape index (κ2) is 9.76. The molecule has 2 heterocycles. The molecule has 0 bridgehead atoms. The monoisotopic (exact) mass is 428 g/mol. The van der Waals surface area contributed by atoms with Crippen molar-refractivity contribution in [1.29, 1.82) is 0 Å². The van der Waals surface area contributed by atoms with Gasteiger partial charge in [0.2, 0.25) is 5.91 Å². The second-order valence-electron chi connectivity index (χ2n) is 7.74. The van der Waals surface area contributed by atoms with E-state index in [1.165, 1.54) is 12.1 Å². The molecule has 3 atom stereocenters. The zero-order chi connectivity index (χ0) is 22.5.